The molecular formula is C12H11FO2. The van der Waals surface area contributed by atoms with Crippen molar-refractivity contribution in [2.24, 2.45) is 0 Å². The third-order valence-corrected chi connectivity index (χ3v) is 2.61. The van der Waals surface area contributed by atoms with E-state index in [4.69, 9.17) is 5.11 Å². The van der Waals surface area contributed by atoms with Crippen molar-refractivity contribution in [3.63, 3.8) is 0 Å². The number of carboxylic acids is 1. The van der Waals surface area contributed by atoms with Crippen LogP contribution >= 0.6 is 0 Å². The van der Waals surface area contributed by atoms with Gasteiger partial charge in [-0.2, -0.15) is 0 Å². The number of aliphatic carboxylic acids is 1. The van der Waals surface area contributed by atoms with Crippen LogP contribution in [0, 0.1) is 5.82 Å². The summed E-state index contributed by atoms with van der Waals surface area (Å²) >= 11 is 0. The van der Waals surface area contributed by atoms with Crippen LogP contribution in [0.1, 0.15) is 24.0 Å². The topological polar surface area (TPSA) is 37.3 Å². The first-order chi connectivity index (χ1) is 7.16. The Morgan fingerprint density at radius 2 is 2.20 bits per heavy atom. The van der Waals surface area contributed by atoms with Gasteiger partial charge in [-0.15, -0.1) is 0 Å². The van der Waals surface area contributed by atoms with Gasteiger partial charge in [-0.25, -0.2) is 9.18 Å². The highest BCUT2D eigenvalue weighted by molar-refractivity contribution is 5.90. The first-order valence-corrected chi connectivity index (χ1v) is 4.89. The molecule has 0 bridgehead atoms. The van der Waals surface area contributed by atoms with E-state index in [0.29, 0.717) is 6.42 Å². The fourth-order valence-corrected chi connectivity index (χ4v) is 1.97. The highest BCUT2D eigenvalue weighted by Gasteiger charge is 2.15. The molecular weight excluding hydrogens is 195 g/mol. The van der Waals surface area contributed by atoms with Crippen molar-refractivity contribution in [3.05, 3.63) is 41.2 Å². The van der Waals surface area contributed by atoms with Crippen molar-refractivity contribution in [2.45, 2.75) is 19.3 Å². The molecule has 0 heterocycles. The zero-order valence-corrected chi connectivity index (χ0v) is 8.16. The highest BCUT2D eigenvalue weighted by Crippen LogP contribution is 2.30. The maximum absolute atomic E-state index is 13.0. The second-order valence-electron chi connectivity index (χ2n) is 3.66. The van der Waals surface area contributed by atoms with Gasteiger partial charge in [-0.3, -0.25) is 0 Å². The van der Waals surface area contributed by atoms with Crippen LogP contribution in [0.25, 0.3) is 5.57 Å². The lowest BCUT2D eigenvalue weighted by Gasteiger charge is -2.18. The van der Waals surface area contributed by atoms with Gasteiger partial charge in [0.25, 0.3) is 0 Å². The van der Waals surface area contributed by atoms with Gasteiger partial charge in [0.2, 0.25) is 0 Å². The smallest absolute Gasteiger partial charge is 0.328 e. The molecule has 3 heteroatoms. The number of allylic oxidation sites excluding steroid dienone is 1. The Hall–Kier alpha value is -1.64. The number of hydrogen-bond donors (Lipinski definition) is 1. The van der Waals surface area contributed by atoms with Crippen LogP contribution in [0.5, 0.6) is 0 Å². The van der Waals surface area contributed by atoms with Gasteiger partial charge < -0.3 is 5.11 Å². The number of halogens is 1. The standard InChI is InChI=1S/C12H11FO2/c13-10-5-4-8-2-1-3-9(6-12(14)15)11(8)7-10/h4-7H,1-3H2,(H,14,15). The van der Waals surface area contributed by atoms with Crippen molar-refractivity contribution >= 4 is 11.5 Å². The van der Waals surface area contributed by atoms with Crippen molar-refractivity contribution < 1.29 is 14.3 Å². The Labute approximate surface area is 87.0 Å². The lowest BCUT2D eigenvalue weighted by atomic mass is 9.87. The lowest BCUT2D eigenvalue weighted by Crippen LogP contribution is -2.04. The van der Waals surface area contributed by atoms with E-state index in [2.05, 4.69) is 0 Å². The molecule has 1 aliphatic rings. The molecule has 2 rings (SSSR count). The highest BCUT2D eigenvalue weighted by atomic mass is 19.1. The Morgan fingerprint density at radius 3 is 2.93 bits per heavy atom. The lowest BCUT2D eigenvalue weighted by molar-refractivity contribution is -0.131. The first-order valence-electron chi connectivity index (χ1n) is 4.89. The van der Waals surface area contributed by atoms with Crippen molar-refractivity contribution in [3.8, 4) is 0 Å². The number of hydrogen-bond acceptors (Lipinski definition) is 1. The van der Waals surface area contributed by atoms with E-state index >= 15 is 0 Å². The number of carbonyl (C=O) groups is 1. The molecule has 0 saturated heterocycles. The van der Waals surface area contributed by atoms with E-state index in [9.17, 15) is 9.18 Å². The summed E-state index contributed by atoms with van der Waals surface area (Å²) in [6.45, 7) is 0. The van der Waals surface area contributed by atoms with Crippen LogP contribution in [-0.2, 0) is 11.2 Å². The molecule has 0 aromatic heterocycles. The van der Waals surface area contributed by atoms with E-state index in [1.165, 1.54) is 18.2 Å². The predicted octanol–water partition coefficient (Wildman–Crippen LogP) is 2.63. The van der Waals surface area contributed by atoms with Crippen LogP contribution in [0.4, 0.5) is 4.39 Å². The normalized spacial score (nSPS) is 17.5. The molecule has 1 N–H and O–H groups in total. The maximum atomic E-state index is 13.0. The number of aryl methyl sites for hydroxylation is 1. The van der Waals surface area contributed by atoms with Gasteiger partial charge in [0.1, 0.15) is 5.82 Å². The average Bonchev–Trinajstić information content (AvgIpc) is 2.18. The fraction of sp³-hybridized carbons (Fsp3) is 0.250. The summed E-state index contributed by atoms with van der Waals surface area (Å²) in [5.74, 6) is -1.28. The van der Waals surface area contributed by atoms with E-state index in [1.54, 1.807) is 6.07 Å². The molecule has 0 atom stereocenters. The molecule has 15 heavy (non-hydrogen) atoms. The SMILES string of the molecule is O=C(O)C=C1CCCc2ccc(F)cc21. The molecule has 0 radical (unpaired) electrons. The largest absolute Gasteiger partial charge is 0.478 e. The maximum Gasteiger partial charge on any atom is 0.328 e. The zero-order chi connectivity index (χ0) is 10.8. The Morgan fingerprint density at radius 1 is 1.40 bits per heavy atom. The van der Waals surface area contributed by atoms with Crippen molar-refractivity contribution in [1.82, 2.24) is 0 Å². The summed E-state index contributed by atoms with van der Waals surface area (Å²) in [6, 6.07) is 4.57. The Bertz CT molecular complexity index is 435. The predicted molar refractivity (Wildman–Crippen MR) is 55.0 cm³/mol. The van der Waals surface area contributed by atoms with E-state index in [1.807, 2.05) is 0 Å². The summed E-state index contributed by atoms with van der Waals surface area (Å²) in [7, 11) is 0. The van der Waals surface area contributed by atoms with Gasteiger partial charge in [-0.05, 0) is 48.1 Å². The minimum absolute atomic E-state index is 0.313. The van der Waals surface area contributed by atoms with Gasteiger partial charge in [0.05, 0.1) is 0 Å². The number of carboxylic acid groups (broad SMARTS) is 1. The number of benzene rings is 1. The van der Waals surface area contributed by atoms with Gasteiger partial charge in [0, 0.05) is 6.08 Å². The molecule has 2 nitrogen and oxygen atoms in total. The first kappa shape index (κ1) is 9.90. The molecule has 78 valence electrons. The summed E-state index contributed by atoms with van der Waals surface area (Å²) in [5, 5.41) is 8.69. The van der Waals surface area contributed by atoms with Crippen LogP contribution in [0.15, 0.2) is 24.3 Å². The van der Waals surface area contributed by atoms with Gasteiger partial charge >= 0.3 is 5.97 Å². The molecule has 1 aromatic rings. The minimum atomic E-state index is -0.970. The second-order valence-corrected chi connectivity index (χ2v) is 3.66. The Balaban J connectivity index is 2.49. The zero-order valence-electron chi connectivity index (χ0n) is 8.16. The fourth-order valence-electron chi connectivity index (χ4n) is 1.97. The van der Waals surface area contributed by atoms with Crippen LogP contribution in [-0.4, -0.2) is 11.1 Å². The molecule has 0 fully saturated rings. The number of rotatable bonds is 1. The molecule has 0 saturated carbocycles. The Kier molecular flexibility index (Phi) is 2.54. The second kappa shape index (κ2) is 3.85. The number of fused-ring (bicyclic) bond motifs is 1. The quantitative estimate of drug-likeness (QED) is 0.717. The van der Waals surface area contributed by atoms with Crippen molar-refractivity contribution in [1.29, 1.82) is 0 Å². The monoisotopic (exact) mass is 206 g/mol. The molecule has 1 aromatic carbocycles. The van der Waals surface area contributed by atoms with Crippen LogP contribution in [0.2, 0.25) is 0 Å². The summed E-state index contributed by atoms with van der Waals surface area (Å²) < 4.78 is 13.0. The molecule has 1 aliphatic carbocycles. The summed E-state index contributed by atoms with van der Waals surface area (Å²) in [4.78, 5) is 10.6. The third kappa shape index (κ3) is 2.06. The van der Waals surface area contributed by atoms with E-state index < -0.39 is 5.97 Å². The summed E-state index contributed by atoms with van der Waals surface area (Å²) in [6.07, 6.45) is 3.71. The van der Waals surface area contributed by atoms with E-state index in [0.717, 1.165) is 29.5 Å². The third-order valence-electron chi connectivity index (χ3n) is 2.61. The molecule has 0 aliphatic heterocycles. The van der Waals surface area contributed by atoms with Crippen LogP contribution < -0.4 is 0 Å². The van der Waals surface area contributed by atoms with Crippen molar-refractivity contribution in [2.75, 3.05) is 0 Å². The average molecular weight is 206 g/mol. The molecule has 0 amide bonds. The molecule has 0 unspecified atom stereocenters. The minimum Gasteiger partial charge on any atom is -0.478 e. The van der Waals surface area contributed by atoms with Crippen LogP contribution in [0.3, 0.4) is 0 Å². The molecule has 0 spiro atoms. The van der Waals surface area contributed by atoms with Gasteiger partial charge in [0.15, 0.2) is 0 Å². The van der Waals surface area contributed by atoms with Gasteiger partial charge in [-0.1, -0.05) is 6.07 Å². The van der Waals surface area contributed by atoms with E-state index in [-0.39, 0.29) is 5.82 Å². The summed E-state index contributed by atoms with van der Waals surface area (Å²) in [5.41, 5.74) is 2.52.